The number of amides is 4. The number of nitrogens with zero attached hydrogens (tertiary/aromatic N) is 2. The summed E-state index contributed by atoms with van der Waals surface area (Å²) in [5, 5.41) is 2.79. The van der Waals surface area contributed by atoms with E-state index in [1.165, 1.54) is 24.3 Å². The van der Waals surface area contributed by atoms with Crippen LogP contribution < -0.4 is 10.2 Å². The monoisotopic (exact) mass is 317 g/mol. The molecule has 4 rings (SSSR count). The molecule has 23 heavy (non-hydrogen) atoms. The molecule has 0 spiro atoms. The van der Waals surface area contributed by atoms with Gasteiger partial charge in [0.2, 0.25) is 5.91 Å². The summed E-state index contributed by atoms with van der Waals surface area (Å²) in [6, 6.07) is 3.64. The molecule has 1 saturated carbocycles. The molecule has 2 saturated heterocycles. The Morgan fingerprint density at radius 1 is 1.13 bits per heavy atom. The van der Waals surface area contributed by atoms with Crippen molar-refractivity contribution in [2.75, 3.05) is 11.4 Å². The number of anilines is 1. The second kappa shape index (κ2) is 5.04. The van der Waals surface area contributed by atoms with Crippen LogP contribution >= 0.6 is 0 Å². The minimum Gasteiger partial charge on any atom is -0.332 e. The van der Waals surface area contributed by atoms with Crippen LogP contribution in [0.3, 0.4) is 0 Å². The van der Waals surface area contributed by atoms with Crippen molar-refractivity contribution in [1.82, 2.24) is 10.2 Å². The minimum absolute atomic E-state index is 0.000977. The molecule has 0 aromatic heterocycles. The average Bonchev–Trinajstić information content (AvgIpc) is 3.29. The van der Waals surface area contributed by atoms with Gasteiger partial charge in [0.25, 0.3) is 5.91 Å². The Morgan fingerprint density at radius 3 is 2.48 bits per heavy atom. The first kappa shape index (κ1) is 14.2. The molecule has 1 aromatic carbocycles. The van der Waals surface area contributed by atoms with Gasteiger partial charge in [0.05, 0.1) is 11.7 Å². The maximum atomic E-state index is 13.1. The summed E-state index contributed by atoms with van der Waals surface area (Å²) in [5.41, 5.74) is 0.304. The lowest BCUT2D eigenvalue weighted by molar-refractivity contribution is -0.139. The van der Waals surface area contributed by atoms with Gasteiger partial charge in [0.15, 0.2) is 0 Å². The summed E-state index contributed by atoms with van der Waals surface area (Å²) in [6.07, 6.45) is 2.32. The van der Waals surface area contributed by atoms with E-state index >= 15 is 0 Å². The van der Waals surface area contributed by atoms with Crippen molar-refractivity contribution in [2.24, 2.45) is 5.92 Å². The number of halogens is 1. The highest BCUT2D eigenvalue weighted by Crippen LogP contribution is 2.35. The Kier molecular flexibility index (Phi) is 3.11. The minimum atomic E-state index is -0.661. The first-order chi connectivity index (χ1) is 11.1. The van der Waals surface area contributed by atoms with Crippen molar-refractivity contribution < 1.29 is 18.8 Å². The topological polar surface area (TPSA) is 69.7 Å². The highest BCUT2D eigenvalue weighted by molar-refractivity contribution is 6.19. The van der Waals surface area contributed by atoms with Gasteiger partial charge < -0.3 is 10.2 Å². The van der Waals surface area contributed by atoms with Crippen molar-refractivity contribution >= 4 is 23.5 Å². The normalized spacial score (nSPS) is 27.0. The summed E-state index contributed by atoms with van der Waals surface area (Å²) in [7, 11) is 0. The predicted molar refractivity (Wildman–Crippen MR) is 79.0 cm³/mol. The highest BCUT2D eigenvalue weighted by Gasteiger charge is 2.51. The van der Waals surface area contributed by atoms with Crippen LogP contribution in [-0.2, 0) is 9.59 Å². The van der Waals surface area contributed by atoms with Crippen LogP contribution in [0, 0.1) is 11.7 Å². The predicted octanol–water partition coefficient (Wildman–Crippen LogP) is 1.26. The number of fused-ring (bicyclic) bond motifs is 1. The Hall–Kier alpha value is -2.44. The van der Waals surface area contributed by atoms with Crippen LogP contribution in [0.4, 0.5) is 14.9 Å². The summed E-state index contributed by atoms with van der Waals surface area (Å²) in [5.74, 6) is -0.834. The fourth-order valence-electron chi connectivity index (χ4n) is 3.35. The fourth-order valence-corrected chi connectivity index (χ4v) is 3.35. The lowest BCUT2D eigenvalue weighted by atomic mass is 10.0. The van der Waals surface area contributed by atoms with Gasteiger partial charge in [-0.15, -0.1) is 0 Å². The SMILES string of the molecule is O=C1N[C@@H]2CCN(C(=O)C3CC3)[C@H]2C(=O)N1c1ccc(F)cc1. The average molecular weight is 317 g/mol. The van der Waals surface area contributed by atoms with Crippen molar-refractivity contribution in [1.29, 1.82) is 0 Å². The van der Waals surface area contributed by atoms with E-state index in [0.29, 0.717) is 18.7 Å². The van der Waals surface area contributed by atoms with Crippen LogP contribution in [0.2, 0.25) is 0 Å². The largest absolute Gasteiger partial charge is 0.332 e. The smallest absolute Gasteiger partial charge is 0.329 e. The number of urea groups is 1. The van der Waals surface area contributed by atoms with E-state index in [1.54, 1.807) is 4.90 Å². The van der Waals surface area contributed by atoms with Gasteiger partial charge in [0.1, 0.15) is 11.9 Å². The van der Waals surface area contributed by atoms with Crippen LogP contribution in [-0.4, -0.2) is 41.4 Å². The molecule has 2 atom stereocenters. The van der Waals surface area contributed by atoms with Crippen molar-refractivity contribution in [3.05, 3.63) is 30.1 Å². The number of carbonyl (C=O) groups is 3. The number of likely N-dealkylation sites (tertiary alicyclic amines) is 1. The third kappa shape index (κ3) is 2.27. The Bertz CT molecular complexity index is 686. The molecule has 1 aromatic rings. The molecular formula is C16H16FN3O3. The van der Waals surface area contributed by atoms with E-state index in [-0.39, 0.29) is 17.9 Å². The summed E-state index contributed by atoms with van der Waals surface area (Å²) >= 11 is 0. The Morgan fingerprint density at radius 2 is 1.83 bits per heavy atom. The van der Waals surface area contributed by atoms with E-state index in [0.717, 1.165) is 17.7 Å². The van der Waals surface area contributed by atoms with Crippen molar-refractivity contribution in [3.63, 3.8) is 0 Å². The number of imide groups is 1. The molecule has 1 aliphatic carbocycles. The molecule has 3 fully saturated rings. The maximum absolute atomic E-state index is 13.1. The third-order valence-electron chi connectivity index (χ3n) is 4.68. The second-order valence-electron chi connectivity index (χ2n) is 6.25. The van der Waals surface area contributed by atoms with Gasteiger partial charge in [0, 0.05) is 12.5 Å². The number of carbonyl (C=O) groups excluding carboxylic acids is 3. The summed E-state index contributed by atoms with van der Waals surface area (Å²) in [6.45, 7) is 0.480. The molecular weight excluding hydrogens is 301 g/mol. The van der Waals surface area contributed by atoms with Crippen molar-refractivity contribution in [2.45, 2.75) is 31.3 Å². The van der Waals surface area contributed by atoms with Gasteiger partial charge in [-0.2, -0.15) is 0 Å². The summed E-state index contributed by atoms with van der Waals surface area (Å²) in [4.78, 5) is 40.1. The summed E-state index contributed by atoms with van der Waals surface area (Å²) < 4.78 is 13.1. The third-order valence-corrected chi connectivity index (χ3v) is 4.68. The second-order valence-corrected chi connectivity index (χ2v) is 6.25. The molecule has 7 heteroatoms. The molecule has 2 heterocycles. The molecule has 120 valence electrons. The molecule has 0 bridgehead atoms. The van der Waals surface area contributed by atoms with Gasteiger partial charge in [-0.05, 0) is 43.5 Å². The molecule has 2 aliphatic heterocycles. The van der Waals surface area contributed by atoms with Gasteiger partial charge in [-0.3, -0.25) is 9.59 Å². The molecule has 1 N–H and O–H groups in total. The quantitative estimate of drug-likeness (QED) is 0.893. The van der Waals surface area contributed by atoms with E-state index < -0.39 is 23.8 Å². The Labute approximate surface area is 132 Å². The fraction of sp³-hybridized carbons (Fsp3) is 0.438. The first-order valence-corrected chi connectivity index (χ1v) is 7.77. The molecule has 4 amide bonds. The Balaban J connectivity index is 1.64. The van der Waals surface area contributed by atoms with Gasteiger partial charge >= 0.3 is 6.03 Å². The van der Waals surface area contributed by atoms with Crippen LogP contribution in [0.1, 0.15) is 19.3 Å². The number of hydrogen-bond acceptors (Lipinski definition) is 3. The maximum Gasteiger partial charge on any atom is 0.329 e. The van der Waals surface area contributed by atoms with Crippen LogP contribution in [0.5, 0.6) is 0 Å². The standard InChI is InChI=1S/C16H16FN3O3/c17-10-3-5-11(6-4-10)20-15(22)13-12(18-16(20)23)7-8-19(13)14(21)9-1-2-9/h3-6,9,12-13H,1-2,7-8H2,(H,18,23)/t12-,13-/m1/s1. The number of benzene rings is 1. The van der Waals surface area contributed by atoms with E-state index in [2.05, 4.69) is 5.32 Å². The van der Waals surface area contributed by atoms with Crippen LogP contribution in [0.15, 0.2) is 24.3 Å². The zero-order valence-corrected chi connectivity index (χ0v) is 12.4. The molecule has 0 unspecified atom stereocenters. The van der Waals surface area contributed by atoms with Crippen LogP contribution in [0.25, 0.3) is 0 Å². The first-order valence-electron chi connectivity index (χ1n) is 7.77. The van der Waals surface area contributed by atoms with Crippen molar-refractivity contribution in [3.8, 4) is 0 Å². The lowest BCUT2D eigenvalue weighted by Crippen LogP contribution is -2.65. The van der Waals surface area contributed by atoms with Gasteiger partial charge in [-0.25, -0.2) is 14.1 Å². The number of nitrogens with one attached hydrogen (secondary N) is 1. The lowest BCUT2D eigenvalue weighted by Gasteiger charge is -2.36. The zero-order valence-electron chi connectivity index (χ0n) is 12.4. The van der Waals surface area contributed by atoms with E-state index in [9.17, 15) is 18.8 Å². The number of rotatable bonds is 2. The molecule has 3 aliphatic rings. The molecule has 0 radical (unpaired) electrons. The number of hydrogen-bond donors (Lipinski definition) is 1. The van der Waals surface area contributed by atoms with E-state index in [1.807, 2.05) is 0 Å². The van der Waals surface area contributed by atoms with E-state index in [4.69, 9.17) is 0 Å². The molecule has 6 nitrogen and oxygen atoms in total. The van der Waals surface area contributed by atoms with Gasteiger partial charge in [-0.1, -0.05) is 0 Å². The zero-order chi connectivity index (χ0) is 16.1. The highest BCUT2D eigenvalue weighted by atomic mass is 19.1.